The molecule has 1 aromatic heterocycles. The van der Waals surface area contributed by atoms with Gasteiger partial charge in [0.15, 0.2) is 0 Å². The van der Waals surface area contributed by atoms with Crippen LogP contribution in [0.25, 0.3) is 11.1 Å². The van der Waals surface area contributed by atoms with Crippen LogP contribution in [0.15, 0.2) is 70.3 Å². The fourth-order valence-electron chi connectivity index (χ4n) is 2.42. The smallest absolute Gasteiger partial charge is 0.240 e. The van der Waals surface area contributed by atoms with Gasteiger partial charge in [0, 0.05) is 6.54 Å². The van der Waals surface area contributed by atoms with Gasteiger partial charge in [-0.25, -0.2) is 13.1 Å². The van der Waals surface area contributed by atoms with Crippen molar-refractivity contribution in [2.75, 3.05) is 6.54 Å². The molecule has 26 heavy (non-hydrogen) atoms. The van der Waals surface area contributed by atoms with Gasteiger partial charge in [0.2, 0.25) is 10.0 Å². The van der Waals surface area contributed by atoms with Crippen molar-refractivity contribution < 1.29 is 13.5 Å². The predicted octanol–water partition coefficient (Wildman–Crippen LogP) is 3.30. The van der Waals surface area contributed by atoms with E-state index in [-0.39, 0.29) is 11.4 Å². The van der Waals surface area contributed by atoms with Crippen molar-refractivity contribution in [1.29, 1.82) is 5.26 Å². The van der Waals surface area contributed by atoms with Gasteiger partial charge in [0.1, 0.15) is 0 Å². The van der Waals surface area contributed by atoms with Gasteiger partial charge < -0.3 is 5.11 Å². The van der Waals surface area contributed by atoms with E-state index >= 15 is 0 Å². The van der Waals surface area contributed by atoms with Crippen LogP contribution in [0.2, 0.25) is 0 Å². The Morgan fingerprint density at radius 1 is 1.04 bits per heavy atom. The van der Waals surface area contributed by atoms with E-state index in [9.17, 15) is 13.5 Å². The maximum atomic E-state index is 12.3. The minimum atomic E-state index is -3.75. The molecule has 0 saturated carbocycles. The van der Waals surface area contributed by atoms with Crippen LogP contribution in [0.5, 0.6) is 0 Å². The number of nitriles is 1. The Balaban J connectivity index is 1.65. The Kier molecular flexibility index (Phi) is 5.49. The molecule has 0 aliphatic carbocycles. The van der Waals surface area contributed by atoms with Crippen molar-refractivity contribution in [3.63, 3.8) is 0 Å². The standard InChI is InChI=1S/C19H16N2O3S2/c20-11-14-1-7-18(8-2-14)26(23,24)21-12-19(22)16-5-3-15(4-6-16)17-9-10-25-13-17/h1-10,13,19,21-22H,12H2/t19-/m0/s1. The van der Waals surface area contributed by atoms with E-state index in [0.29, 0.717) is 11.1 Å². The zero-order chi connectivity index (χ0) is 18.6. The molecule has 0 unspecified atom stereocenters. The molecule has 7 heteroatoms. The second-order valence-corrected chi connectivity index (χ2v) is 8.18. The molecule has 132 valence electrons. The van der Waals surface area contributed by atoms with Crippen LogP contribution in [-0.2, 0) is 10.0 Å². The van der Waals surface area contributed by atoms with Crippen LogP contribution in [0.1, 0.15) is 17.2 Å². The van der Waals surface area contributed by atoms with Gasteiger partial charge in [-0.2, -0.15) is 16.6 Å². The molecule has 0 amide bonds. The first-order chi connectivity index (χ1) is 12.5. The lowest BCUT2D eigenvalue weighted by Gasteiger charge is -2.13. The highest BCUT2D eigenvalue weighted by atomic mass is 32.2. The van der Waals surface area contributed by atoms with E-state index in [2.05, 4.69) is 4.72 Å². The van der Waals surface area contributed by atoms with E-state index in [4.69, 9.17) is 5.26 Å². The molecule has 0 fully saturated rings. The van der Waals surface area contributed by atoms with Crippen LogP contribution >= 0.6 is 11.3 Å². The third-order valence-corrected chi connectivity index (χ3v) is 6.03. The molecule has 3 aromatic rings. The first-order valence-corrected chi connectivity index (χ1v) is 10.2. The molecule has 0 saturated heterocycles. The fraction of sp³-hybridized carbons (Fsp3) is 0.105. The zero-order valence-electron chi connectivity index (χ0n) is 13.7. The molecule has 0 spiro atoms. The van der Waals surface area contributed by atoms with Crippen molar-refractivity contribution in [3.8, 4) is 17.2 Å². The highest BCUT2D eigenvalue weighted by Crippen LogP contribution is 2.24. The molecule has 2 aromatic carbocycles. The van der Waals surface area contributed by atoms with Gasteiger partial charge in [-0.05, 0) is 57.8 Å². The highest BCUT2D eigenvalue weighted by molar-refractivity contribution is 7.89. The van der Waals surface area contributed by atoms with Crippen molar-refractivity contribution in [3.05, 3.63) is 76.5 Å². The third kappa shape index (κ3) is 4.18. The van der Waals surface area contributed by atoms with Crippen LogP contribution in [0.3, 0.4) is 0 Å². The maximum absolute atomic E-state index is 12.3. The Labute approximate surface area is 156 Å². The number of hydrogen-bond donors (Lipinski definition) is 2. The first-order valence-electron chi connectivity index (χ1n) is 7.80. The number of hydrogen-bond acceptors (Lipinski definition) is 5. The molecule has 1 heterocycles. The SMILES string of the molecule is N#Cc1ccc(S(=O)(=O)NC[C@H](O)c2ccc(-c3ccsc3)cc2)cc1. The number of rotatable bonds is 6. The summed E-state index contributed by atoms with van der Waals surface area (Å²) in [5.74, 6) is 0. The Bertz CT molecular complexity index is 1000. The third-order valence-electron chi connectivity index (χ3n) is 3.91. The largest absolute Gasteiger partial charge is 0.387 e. The second-order valence-electron chi connectivity index (χ2n) is 5.64. The van der Waals surface area contributed by atoms with Crippen molar-refractivity contribution in [2.24, 2.45) is 0 Å². The van der Waals surface area contributed by atoms with Crippen molar-refractivity contribution >= 4 is 21.4 Å². The summed E-state index contributed by atoms with van der Waals surface area (Å²) in [6, 6.07) is 16.9. The highest BCUT2D eigenvalue weighted by Gasteiger charge is 2.17. The Hall–Kier alpha value is -2.50. The first kappa shape index (κ1) is 18.3. The topological polar surface area (TPSA) is 90.2 Å². The number of thiophene rings is 1. The second kappa shape index (κ2) is 7.81. The van der Waals surface area contributed by atoms with Crippen molar-refractivity contribution in [1.82, 2.24) is 4.72 Å². The molecular weight excluding hydrogens is 368 g/mol. The maximum Gasteiger partial charge on any atom is 0.240 e. The molecular formula is C19H16N2O3S2. The number of nitrogens with zero attached hydrogens (tertiary/aromatic N) is 1. The average Bonchev–Trinajstić information content (AvgIpc) is 3.21. The van der Waals surface area contributed by atoms with Gasteiger partial charge in [0.05, 0.1) is 22.6 Å². The van der Waals surface area contributed by atoms with Gasteiger partial charge in [-0.1, -0.05) is 24.3 Å². The minimum Gasteiger partial charge on any atom is -0.387 e. The summed E-state index contributed by atoms with van der Waals surface area (Å²) in [6.07, 6.45) is -0.959. The monoisotopic (exact) mass is 384 g/mol. The van der Waals surface area contributed by atoms with Crippen molar-refractivity contribution in [2.45, 2.75) is 11.0 Å². The fourth-order valence-corrected chi connectivity index (χ4v) is 4.13. The molecule has 5 nitrogen and oxygen atoms in total. The molecule has 0 aliphatic rings. The zero-order valence-corrected chi connectivity index (χ0v) is 15.3. The van der Waals surface area contributed by atoms with E-state index in [1.54, 1.807) is 23.5 Å². The number of benzene rings is 2. The number of aliphatic hydroxyl groups is 1. The summed E-state index contributed by atoms with van der Waals surface area (Å²) in [5.41, 5.74) is 3.17. The van der Waals surface area contributed by atoms with Crippen LogP contribution < -0.4 is 4.72 Å². The van der Waals surface area contributed by atoms with E-state index < -0.39 is 16.1 Å². The van der Waals surface area contributed by atoms with E-state index in [0.717, 1.165) is 11.1 Å². The minimum absolute atomic E-state index is 0.0523. The lowest BCUT2D eigenvalue weighted by Crippen LogP contribution is -2.28. The average molecular weight is 384 g/mol. The summed E-state index contributed by atoms with van der Waals surface area (Å²) in [4.78, 5) is 0.0523. The number of nitrogens with one attached hydrogen (secondary N) is 1. The summed E-state index contributed by atoms with van der Waals surface area (Å²) >= 11 is 1.61. The van der Waals surface area contributed by atoms with Crippen LogP contribution in [-0.4, -0.2) is 20.1 Å². The van der Waals surface area contributed by atoms with Crippen LogP contribution in [0, 0.1) is 11.3 Å². The summed E-state index contributed by atoms with van der Waals surface area (Å²) < 4.78 is 26.9. The van der Waals surface area contributed by atoms with E-state index in [1.165, 1.54) is 24.3 Å². The van der Waals surface area contributed by atoms with Crippen LogP contribution in [0.4, 0.5) is 0 Å². The Morgan fingerprint density at radius 2 is 1.73 bits per heavy atom. The van der Waals surface area contributed by atoms with E-state index in [1.807, 2.05) is 35.0 Å². The summed E-state index contributed by atoms with van der Waals surface area (Å²) in [7, 11) is -3.75. The molecule has 3 rings (SSSR count). The summed E-state index contributed by atoms with van der Waals surface area (Å²) in [6.45, 7) is -0.139. The lowest BCUT2D eigenvalue weighted by atomic mass is 10.0. The molecule has 0 bridgehead atoms. The molecule has 0 aliphatic heterocycles. The van der Waals surface area contributed by atoms with Gasteiger partial charge >= 0.3 is 0 Å². The molecule has 1 atom stereocenters. The normalized spacial score (nSPS) is 12.5. The Morgan fingerprint density at radius 3 is 2.31 bits per heavy atom. The number of aliphatic hydroxyl groups excluding tert-OH is 1. The number of sulfonamides is 1. The van der Waals surface area contributed by atoms with Gasteiger partial charge in [-0.3, -0.25) is 0 Å². The summed E-state index contributed by atoms with van der Waals surface area (Å²) in [5, 5.41) is 23.1. The molecule has 2 N–H and O–H groups in total. The predicted molar refractivity (Wildman–Crippen MR) is 101 cm³/mol. The van der Waals surface area contributed by atoms with Gasteiger partial charge in [-0.15, -0.1) is 0 Å². The lowest BCUT2D eigenvalue weighted by molar-refractivity contribution is 0.182. The quantitative estimate of drug-likeness (QED) is 0.682. The molecule has 0 radical (unpaired) electrons. The van der Waals surface area contributed by atoms with Gasteiger partial charge in [0.25, 0.3) is 0 Å².